The summed E-state index contributed by atoms with van der Waals surface area (Å²) < 4.78 is 70.2. The maximum absolute atomic E-state index is 11.6. The lowest BCUT2D eigenvalue weighted by molar-refractivity contribution is -0.0240. The molecule has 0 bridgehead atoms. The fourth-order valence-electron chi connectivity index (χ4n) is 2.41. The van der Waals surface area contributed by atoms with E-state index in [4.69, 9.17) is 50.9 Å². The molecular weight excluding hydrogens is 685 g/mol. The van der Waals surface area contributed by atoms with Gasteiger partial charge in [-0.3, -0.25) is 0 Å². The minimum absolute atomic E-state index is 1.08. The Morgan fingerprint density at radius 2 is 0.833 bits per heavy atom. The van der Waals surface area contributed by atoms with E-state index in [1.54, 1.807) is 23.6 Å². The molecule has 0 aromatic heterocycles. The van der Waals surface area contributed by atoms with Crippen molar-refractivity contribution in [3.63, 3.8) is 0 Å². The van der Waals surface area contributed by atoms with Crippen LogP contribution in [0.25, 0.3) is 0 Å². The van der Waals surface area contributed by atoms with Gasteiger partial charge in [0.1, 0.15) is 0 Å². The Morgan fingerprint density at radius 3 is 1.07 bits per heavy atom. The first-order valence-electron chi connectivity index (χ1n) is 13.1. The Bertz CT molecular complexity index is 732. The quantitative estimate of drug-likeness (QED) is 0.137. The molecule has 0 saturated heterocycles. The van der Waals surface area contributed by atoms with Gasteiger partial charge >= 0.3 is 36.2 Å². The van der Waals surface area contributed by atoms with Gasteiger partial charge in [-0.2, -0.15) is 0 Å². The third-order valence-electron chi connectivity index (χ3n) is 4.42. The molecule has 42 heavy (non-hydrogen) atoms. The molecule has 0 aliphatic heterocycles. The summed E-state index contributed by atoms with van der Waals surface area (Å²) in [4.78, 5) is 11.6. The Hall–Kier alpha value is 0.175. The van der Waals surface area contributed by atoms with Crippen molar-refractivity contribution < 1.29 is 55.7 Å². The second kappa shape index (κ2) is 22.6. The molecule has 0 rings (SSSR count). The van der Waals surface area contributed by atoms with E-state index in [1.807, 2.05) is 53.1 Å². The molecule has 0 radical (unpaired) electrons. The van der Waals surface area contributed by atoms with Gasteiger partial charge in [0.05, 0.1) is 0 Å². The molecule has 250 valence electrons. The zero-order valence-corrected chi connectivity index (χ0v) is 36.7. The molecule has 0 fully saturated rings. The lowest BCUT2D eigenvalue weighted by Gasteiger charge is -2.43. The second-order valence-corrected chi connectivity index (χ2v) is 29.7. The average molecular weight is 741 g/mol. The van der Waals surface area contributed by atoms with Gasteiger partial charge in [-0.15, -0.1) is 26.3 Å². The Labute approximate surface area is 265 Å². The summed E-state index contributed by atoms with van der Waals surface area (Å²) in [6.45, 7) is 29.4. The van der Waals surface area contributed by atoms with Crippen molar-refractivity contribution in [2.45, 2.75) is 53.1 Å². The summed E-state index contributed by atoms with van der Waals surface area (Å²) in [6, 6.07) is 0. The maximum Gasteiger partial charge on any atom is 0.673 e. The SMILES string of the molecule is C=CC.C=CC.C=C[Si](C)(C)O[Si](O[Si](C)(C)C=C)(O[Si](OC)(OC)OC)O[Si@@](O)(OC)O[Si](OC)(O[SiH2]C)O[SiH2]C. The van der Waals surface area contributed by atoms with E-state index in [-0.39, 0.29) is 0 Å². The largest absolute Gasteiger partial charge is 0.673 e. The van der Waals surface area contributed by atoms with Crippen molar-refractivity contribution in [1.29, 1.82) is 0 Å². The summed E-state index contributed by atoms with van der Waals surface area (Å²) in [5.41, 5.74) is 3.31. The number of hydrogen-bond acceptors (Lipinski definition) is 13. The maximum atomic E-state index is 11.6. The minimum Gasteiger partial charge on any atom is -0.401 e. The van der Waals surface area contributed by atoms with Crippen LogP contribution < -0.4 is 0 Å². The highest BCUT2D eigenvalue weighted by Gasteiger charge is 2.68. The normalized spacial score (nSPS) is 15.7. The Balaban J connectivity index is -0.00000231. The van der Waals surface area contributed by atoms with Crippen LogP contribution >= 0.6 is 0 Å². The number of hydrogen-bond donors (Lipinski definition) is 1. The smallest absolute Gasteiger partial charge is 0.401 e. The van der Waals surface area contributed by atoms with E-state index in [0.29, 0.717) is 0 Å². The van der Waals surface area contributed by atoms with Gasteiger partial charge in [-0.25, -0.2) is 0 Å². The highest BCUT2D eigenvalue weighted by Crippen LogP contribution is 2.32. The van der Waals surface area contributed by atoms with E-state index in [2.05, 4.69) is 26.3 Å². The van der Waals surface area contributed by atoms with E-state index in [1.165, 1.54) is 35.5 Å². The molecular formula is C21H56O13Si8. The third kappa shape index (κ3) is 17.6. The van der Waals surface area contributed by atoms with Crippen molar-refractivity contribution in [2.24, 2.45) is 0 Å². The van der Waals surface area contributed by atoms with Gasteiger partial charge in [-0.1, -0.05) is 36.6 Å². The van der Waals surface area contributed by atoms with Gasteiger partial charge < -0.3 is 55.7 Å². The third-order valence-corrected chi connectivity index (χ3v) is 26.3. The van der Waals surface area contributed by atoms with Crippen molar-refractivity contribution in [1.82, 2.24) is 0 Å². The summed E-state index contributed by atoms with van der Waals surface area (Å²) in [5, 5.41) is 0. The van der Waals surface area contributed by atoms with Crippen LogP contribution in [0.15, 0.2) is 49.9 Å². The van der Waals surface area contributed by atoms with Crippen LogP contribution in [0, 0.1) is 0 Å². The lowest BCUT2D eigenvalue weighted by atomic mass is 10.8. The van der Waals surface area contributed by atoms with Crippen LogP contribution in [0.4, 0.5) is 0 Å². The summed E-state index contributed by atoms with van der Waals surface area (Å²) >= 11 is 0. The second-order valence-electron chi connectivity index (χ2n) is 8.85. The van der Waals surface area contributed by atoms with Gasteiger partial charge in [0, 0.05) is 35.5 Å². The summed E-state index contributed by atoms with van der Waals surface area (Å²) in [5.74, 6) is 0. The zero-order chi connectivity index (χ0) is 33.7. The van der Waals surface area contributed by atoms with Crippen LogP contribution in [0.5, 0.6) is 0 Å². The molecule has 1 atom stereocenters. The van der Waals surface area contributed by atoms with Crippen molar-refractivity contribution in [2.75, 3.05) is 35.5 Å². The molecule has 1 N–H and O–H groups in total. The van der Waals surface area contributed by atoms with E-state index in [9.17, 15) is 4.80 Å². The van der Waals surface area contributed by atoms with Crippen LogP contribution in [0.2, 0.25) is 39.3 Å². The molecule has 0 spiro atoms. The van der Waals surface area contributed by atoms with Crippen molar-refractivity contribution in [3.05, 3.63) is 49.9 Å². The molecule has 0 amide bonds. The first kappa shape index (κ1) is 46.6. The summed E-state index contributed by atoms with van der Waals surface area (Å²) in [6.07, 6.45) is 3.50. The van der Waals surface area contributed by atoms with Crippen molar-refractivity contribution in [3.8, 4) is 0 Å². The van der Waals surface area contributed by atoms with Gasteiger partial charge in [-0.05, 0) is 40.0 Å². The predicted octanol–water partition coefficient (Wildman–Crippen LogP) is 2.58. The Kier molecular flexibility index (Phi) is 25.1. The molecule has 0 unspecified atom stereocenters. The van der Waals surface area contributed by atoms with Crippen molar-refractivity contribution >= 4 is 72.4 Å². The molecule has 0 heterocycles. The van der Waals surface area contributed by atoms with Crippen LogP contribution in [-0.4, -0.2) is 113 Å². The van der Waals surface area contributed by atoms with E-state index < -0.39 is 72.4 Å². The molecule has 0 aliphatic rings. The lowest BCUT2D eigenvalue weighted by Crippen LogP contribution is -2.72. The van der Waals surface area contributed by atoms with Crippen LogP contribution in [0.3, 0.4) is 0 Å². The van der Waals surface area contributed by atoms with Crippen LogP contribution in [0.1, 0.15) is 13.8 Å². The molecule has 13 nitrogen and oxygen atoms in total. The monoisotopic (exact) mass is 740 g/mol. The number of rotatable bonds is 21. The Morgan fingerprint density at radius 1 is 0.524 bits per heavy atom. The molecule has 0 aromatic carbocycles. The van der Waals surface area contributed by atoms with Gasteiger partial charge in [0.2, 0.25) is 16.6 Å². The molecule has 0 aromatic rings. The fourth-order valence-corrected chi connectivity index (χ4v) is 24.7. The molecule has 0 saturated carbocycles. The highest BCUT2D eigenvalue weighted by atomic mass is 28.6. The van der Waals surface area contributed by atoms with Gasteiger partial charge in [0.15, 0.2) is 19.5 Å². The van der Waals surface area contributed by atoms with E-state index in [0.717, 1.165) is 0 Å². The number of allylic oxidation sites excluding steroid dienone is 2. The molecule has 0 aliphatic carbocycles. The first-order valence-corrected chi connectivity index (χ1v) is 29.6. The predicted molar refractivity (Wildman–Crippen MR) is 184 cm³/mol. The summed E-state index contributed by atoms with van der Waals surface area (Å²) in [7, 11) is -17.9. The topological polar surface area (TPSA) is 131 Å². The van der Waals surface area contributed by atoms with E-state index >= 15 is 0 Å². The molecule has 21 heteroatoms. The standard InChI is InChI=1S/C15H44O13Si8.2C3H6/c1-14-31(10,11)24-36(25-32(12,13)15-2,28-34(18-4,19-5)20-6)27-33(16,17-3)26-35(21-7,22-29-8)23-30-9;2*1-3-2/h14-16H,1-2,29-30H2,3-13H3;2*3H,1H2,2H3/t33-;;/m0../s1. The fraction of sp³-hybridized carbons (Fsp3) is 0.619. The average Bonchev–Trinajstić information content (AvgIpc) is 2.92. The highest BCUT2D eigenvalue weighted by molar-refractivity contribution is 6.91. The van der Waals surface area contributed by atoms with Crippen LogP contribution in [-0.2, 0) is 50.9 Å². The first-order chi connectivity index (χ1) is 19.4. The zero-order valence-electron chi connectivity index (χ0n) is 27.9. The van der Waals surface area contributed by atoms with Gasteiger partial charge in [0.25, 0.3) is 0 Å². The minimum atomic E-state index is -4.70.